The molecule has 0 saturated carbocycles. The fourth-order valence-electron chi connectivity index (χ4n) is 1.84. The molecule has 0 bridgehead atoms. The fourth-order valence-corrected chi connectivity index (χ4v) is 2.36. The standard InChI is InChI=1S/C16H16F2N2O5S/c1-20(2)26(22,23)19-16(21)12-8-14(18)15(9-13(12)17)25-11-6-4-5-10(7-11)24-3/h4-9H,1-3H3,(H,19,21). The summed E-state index contributed by atoms with van der Waals surface area (Å²) < 4.78 is 64.2. The van der Waals surface area contributed by atoms with Crippen LogP contribution in [0.5, 0.6) is 17.2 Å². The molecule has 7 nitrogen and oxygen atoms in total. The van der Waals surface area contributed by atoms with Crippen molar-refractivity contribution in [1.82, 2.24) is 9.03 Å². The topological polar surface area (TPSA) is 84.9 Å². The number of rotatable bonds is 6. The third-order valence-corrected chi connectivity index (χ3v) is 4.64. The van der Waals surface area contributed by atoms with Gasteiger partial charge in [-0.1, -0.05) is 6.07 Å². The number of nitrogens with zero attached hydrogens (tertiary/aromatic N) is 1. The second kappa shape index (κ2) is 7.67. The lowest BCUT2D eigenvalue weighted by Crippen LogP contribution is -2.39. The minimum Gasteiger partial charge on any atom is -0.497 e. The van der Waals surface area contributed by atoms with Crippen LogP contribution in [0.2, 0.25) is 0 Å². The second-order valence-electron chi connectivity index (χ2n) is 5.26. The Hall–Kier alpha value is -2.72. The summed E-state index contributed by atoms with van der Waals surface area (Å²) in [6.07, 6.45) is 0. The summed E-state index contributed by atoms with van der Waals surface area (Å²) in [4.78, 5) is 11.9. The molecule has 0 fully saturated rings. The molecule has 0 saturated heterocycles. The Morgan fingerprint density at radius 1 is 1.08 bits per heavy atom. The van der Waals surface area contributed by atoms with E-state index in [1.165, 1.54) is 33.3 Å². The molecule has 0 aliphatic rings. The van der Waals surface area contributed by atoms with Gasteiger partial charge in [0.2, 0.25) is 0 Å². The van der Waals surface area contributed by atoms with E-state index in [1.54, 1.807) is 16.9 Å². The molecule has 0 aliphatic carbocycles. The molecule has 1 N–H and O–H groups in total. The highest BCUT2D eigenvalue weighted by Gasteiger charge is 2.23. The van der Waals surface area contributed by atoms with E-state index >= 15 is 0 Å². The predicted molar refractivity (Wildman–Crippen MR) is 89.5 cm³/mol. The highest BCUT2D eigenvalue weighted by molar-refractivity contribution is 7.87. The van der Waals surface area contributed by atoms with Gasteiger partial charge in [0.05, 0.1) is 12.7 Å². The van der Waals surface area contributed by atoms with E-state index in [0.717, 1.165) is 4.31 Å². The number of benzene rings is 2. The molecular formula is C16H16F2N2O5S. The van der Waals surface area contributed by atoms with Crippen molar-refractivity contribution in [1.29, 1.82) is 0 Å². The van der Waals surface area contributed by atoms with Crippen molar-refractivity contribution in [3.8, 4) is 17.2 Å². The van der Waals surface area contributed by atoms with Gasteiger partial charge in [0.1, 0.15) is 17.3 Å². The van der Waals surface area contributed by atoms with E-state index in [4.69, 9.17) is 9.47 Å². The van der Waals surface area contributed by atoms with Crippen molar-refractivity contribution in [2.75, 3.05) is 21.2 Å². The Labute approximate surface area is 149 Å². The summed E-state index contributed by atoms with van der Waals surface area (Å²) in [7, 11) is -0.347. The average molecular weight is 386 g/mol. The van der Waals surface area contributed by atoms with Gasteiger partial charge in [-0.25, -0.2) is 13.5 Å². The summed E-state index contributed by atoms with van der Waals surface area (Å²) >= 11 is 0. The van der Waals surface area contributed by atoms with Crippen LogP contribution < -0.4 is 14.2 Å². The van der Waals surface area contributed by atoms with Gasteiger partial charge in [0, 0.05) is 26.2 Å². The van der Waals surface area contributed by atoms with Crippen molar-refractivity contribution in [3.63, 3.8) is 0 Å². The van der Waals surface area contributed by atoms with Crippen LogP contribution in [0.4, 0.5) is 8.78 Å². The second-order valence-corrected chi connectivity index (χ2v) is 7.15. The number of amides is 1. The van der Waals surface area contributed by atoms with Crippen molar-refractivity contribution >= 4 is 16.1 Å². The Bertz CT molecular complexity index is 932. The van der Waals surface area contributed by atoms with Crippen LogP contribution in [0.25, 0.3) is 0 Å². The van der Waals surface area contributed by atoms with E-state index in [-0.39, 0.29) is 5.75 Å². The Balaban J connectivity index is 2.29. The zero-order valence-corrected chi connectivity index (χ0v) is 14.9. The molecule has 2 rings (SSSR count). The molecule has 10 heteroatoms. The van der Waals surface area contributed by atoms with E-state index < -0.39 is 39.1 Å². The Morgan fingerprint density at radius 3 is 2.35 bits per heavy atom. The van der Waals surface area contributed by atoms with Gasteiger partial charge in [0.15, 0.2) is 11.6 Å². The quantitative estimate of drug-likeness (QED) is 0.824. The highest BCUT2D eigenvalue weighted by atomic mass is 32.2. The molecule has 2 aromatic carbocycles. The lowest BCUT2D eigenvalue weighted by Gasteiger charge is -2.13. The summed E-state index contributed by atoms with van der Waals surface area (Å²) in [5.74, 6) is -3.31. The lowest BCUT2D eigenvalue weighted by atomic mass is 10.2. The first-order valence-electron chi connectivity index (χ1n) is 7.19. The molecule has 0 aliphatic heterocycles. The number of hydrogen-bond acceptors (Lipinski definition) is 5. The van der Waals surface area contributed by atoms with Gasteiger partial charge < -0.3 is 9.47 Å². The number of methoxy groups -OCH3 is 1. The lowest BCUT2D eigenvalue weighted by molar-refractivity contribution is 0.0975. The number of carbonyl (C=O) groups excluding carboxylic acids is 1. The van der Waals surface area contributed by atoms with Crippen molar-refractivity contribution in [2.45, 2.75) is 0 Å². The van der Waals surface area contributed by atoms with Gasteiger partial charge in [-0.05, 0) is 18.2 Å². The molecule has 0 spiro atoms. The zero-order chi connectivity index (χ0) is 19.5. The first-order valence-corrected chi connectivity index (χ1v) is 8.63. The molecule has 0 unspecified atom stereocenters. The highest BCUT2D eigenvalue weighted by Crippen LogP contribution is 2.29. The number of nitrogens with one attached hydrogen (secondary N) is 1. The molecule has 140 valence electrons. The maximum atomic E-state index is 14.2. The van der Waals surface area contributed by atoms with Gasteiger partial charge in [-0.3, -0.25) is 4.79 Å². The SMILES string of the molecule is COc1cccc(Oc2cc(F)c(C(=O)NS(=O)(=O)N(C)C)cc2F)c1. The molecular weight excluding hydrogens is 370 g/mol. The average Bonchev–Trinajstić information content (AvgIpc) is 2.57. The Kier molecular flexibility index (Phi) is 5.78. The largest absolute Gasteiger partial charge is 0.497 e. The number of ether oxygens (including phenoxy) is 2. The van der Waals surface area contributed by atoms with Crippen molar-refractivity contribution in [3.05, 3.63) is 53.6 Å². The summed E-state index contributed by atoms with van der Waals surface area (Å²) in [6.45, 7) is 0. The van der Waals surface area contributed by atoms with E-state index in [0.29, 0.717) is 17.9 Å². The first-order chi connectivity index (χ1) is 12.1. The molecule has 0 atom stereocenters. The first kappa shape index (κ1) is 19.6. The van der Waals surface area contributed by atoms with Crippen LogP contribution in [-0.4, -0.2) is 39.8 Å². The third kappa shape index (κ3) is 4.46. The van der Waals surface area contributed by atoms with E-state index in [1.807, 2.05) is 0 Å². The van der Waals surface area contributed by atoms with Crippen LogP contribution in [-0.2, 0) is 10.2 Å². The number of hydrogen-bond donors (Lipinski definition) is 1. The predicted octanol–water partition coefficient (Wildman–Crippen LogP) is 2.30. The molecule has 0 aromatic heterocycles. The normalized spacial score (nSPS) is 11.3. The van der Waals surface area contributed by atoms with Crippen LogP contribution in [0.15, 0.2) is 36.4 Å². The molecule has 0 heterocycles. The maximum Gasteiger partial charge on any atom is 0.303 e. The van der Waals surface area contributed by atoms with Crippen LogP contribution in [0.1, 0.15) is 10.4 Å². The van der Waals surface area contributed by atoms with E-state index in [9.17, 15) is 22.0 Å². The smallest absolute Gasteiger partial charge is 0.303 e. The molecule has 2 aromatic rings. The molecule has 26 heavy (non-hydrogen) atoms. The van der Waals surface area contributed by atoms with Crippen molar-refractivity contribution < 1.29 is 31.5 Å². The minimum atomic E-state index is -4.14. The van der Waals surface area contributed by atoms with Crippen LogP contribution >= 0.6 is 0 Å². The maximum absolute atomic E-state index is 14.2. The van der Waals surface area contributed by atoms with Gasteiger partial charge in [0.25, 0.3) is 5.91 Å². The monoisotopic (exact) mass is 386 g/mol. The van der Waals surface area contributed by atoms with Crippen LogP contribution in [0, 0.1) is 11.6 Å². The minimum absolute atomic E-state index is 0.190. The Morgan fingerprint density at radius 2 is 1.73 bits per heavy atom. The van der Waals surface area contributed by atoms with Crippen molar-refractivity contribution in [2.24, 2.45) is 0 Å². The summed E-state index contributed by atoms with van der Waals surface area (Å²) in [5.41, 5.74) is -0.772. The van der Waals surface area contributed by atoms with Gasteiger partial charge >= 0.3 is 10.2 Å². The van der Waals surface area contributed by atoms with E-state index in [2.05, 4.69) is 0 Å². The molecule has 1 amide bonds. The molecule has 0 radical (unpaired) electrons. The third-order valence-electron chi connectivity index (χ3n) is 3.24. The zero-order valence-electron chi connectivity index (χ0n) is 14.1. The summed E-state index contributed by atoms with van der Waals surface area (Å²) in [6, 6.07) is 7.42. The van der Waals surface area contributed by atoms with Gasteiger partial charge in [-0.2, -0.15) is 12.7 Å². The fraction of sp³-hybridized carbons (Fsp3) is 0.188. The van der Waals surface area contributed by atoms with Gasteiger partial charge in [-0.15, -0.1) is 0 Å². The summed E-state index contributed by atoms with van der Waals surface area (Å²) in [5, 5.41) is 0. The number of halogens is 2. The van der Waals surface area contributed by atoms with Crippen LogP contribution in [0.3, 0.4) is 0 Å². The number of carbonyl (C=O) groups is 1.